The van der Waals surface area contributed by atoms with Gasteiger partial charge < -0.3 is 15.1 Å². The van der Waals surface area contributed by atoms with E-state index >= 15 is 0 Å². The van der Waals surface area contributed by atoms with Gasteiger partial charge in [-0.2, -0.15) is 0 Å². The van der Waals surface area contributed by atoms with Gasteiger partial charge in [0.15, 0.2) is 5.13 Å². The highest BCUT2D eigenvalue weighted by Crippen LogP contribution is 2.32. The molecule has 0 spiro atoms. The fourth-order valence-corrected chi connectivity index (χ4v) is 4.92. The van der Waals surface area contributed by atoms with E-state index in [9.17, 15) is 4.79 Å². The lowest BCUT2D eigenvalue weighted by Crippen LogP contribution is -2.44. The number of hydrogen-bond donors (Lipinski definition) is 1. The molecule has 0 unspecified atom stereocenters. The maximum absolute atomic E-state index is 12.6. The van der Waals surface area contributed by atoms with E-state index in [4.69, 9.17) is 4.98 Å². The van der Waals surface area contributed by atoms with Crippen molar-refractivity contribution in [3.63, 3.8) is 0 Å². The maximum atomic E-state index is 12.6. The van der Waals surface area contributed by atoms with Crippen LogP contribution in [-0.4, -0.2) is 55.1 Å². The number of carbonyl (C=O) groups excluding carboxylic acids is 1. The topological polar surface area (TPSA) is 48.5 Å². The van der Waals surface area contributed by atoms with Crippen LogP contribution >= 0.6 is 11.3 Å². The number of fused-ring (bicyclic) bond motifs is 1. The van der Waals surface area contributed by atoms with Crippen LogP contribution in [0.15, 0.2) is 12.1 Å². The molecule has 0 radical (unpaired) electrons. The third kappa shape index (κ3) is 3.51. The lowest BCUT2D eigenvalue weighted by atomic mass is 10.1. The summed E-state index contributed by atoms with van der Waals surface area (Å²) >= 11 is 1.71. The number of anilines is 1. The van der Waals surface area contributed by atoms with Crippen molar-refractivity contribution in [2.45, 2.75) is 38.6 Å². The number of piperazine rings is 1. The molecule has 4 rings (SSSR count). The Morgan fingerprint density at radius 2 is 1.92 bits per heavy atom. The maximum Gasteiger partial charge on any atom is 0.251 e. The number of benzene rings is 1. The van der Waals surface area contributed by atoms with Crippen molar-refractivity contribution < 1.29 is 4.79 Å². The van der Waals surface area contributed by atoms with Gasteiger partial charge in [-0.25, -0.2) is 4.98 Å². The van der Waals surface area contributed by atoms with Gasteiger partial charge in [0.05, 0.1) is 10.2 Å². The number of thiazole rings is 1. The molecule has 1 N–H and O–H groups in total. The molecule has 6 heteroatoms. The smallest absolute Gasteiger partial charge is 0.251 e. The van der Waals surface area contributed by atoms with Crippen molar-refractivity contribution in [1.29, 1.82) is 0 Å². The molecule has 1 aromatic heterocycles. The Bertz CT molecular complexity index is 773. The Morgan fingerprint density at radius 1 is 1.20 bits per heavy atom. The van der Waals surface area contributed by atoms with E-state index in [-0.39, 0.29) is 5.91 Å². The van der Waals surface area contributed by atoms with Crippen LogP contribution in [0.1, 0.15) is 41.6 Å². The van der Waals surface area contributed by atoms with Gasteiger partial charge in [0, 0.05) is 37.8 Å². The number of nitrogens with one attached hydrogen (secondary N) is 1. The van der Waals surface area contributed by atoms with Gasteiger partial charge in [-0.15, -0.1) is 0 Å². The van der Waals surface area contributed by atoms with Crippen LogP contribution < -0.4 is 10.2 Å². The number of rotatable bonds is 3. The molecule has 2 aromatic rings. The fraction of sp³-hybridized carbons (Fsp3) is 0.579. The van der Waals surface area contributed by atoms with Gasteiger partial charge in [0.2, 0.25) is 0 Å². The number of likely N-dealkylation sites (N-methyl/N-ethyl adjacent to an activating group) is 1. The largest absolute Gasteiger partial charge is 0.349 e. The van der Waals surface area contributed by atoms with Crippen molar-refractivity contribution in [2.75, 3.05) is 38.1 Å². The predicted molar refractivity (Wildman–Crippen MR) is 104 cm³/mol. The van der Waals surface area contributed by atoms with Gasteiger partial charge in [0.25, 0.3) is 5.91 Å². The Balaban J connectivity index is 1.57. The summed E-state index contributed by atoms with van der Waals surface area (Å²) in [6.07, 6.45) is 4.68. The summed E-state index contributed by atoms with van der Waals surface area (Å²) in [5, 5.41) is 4.27. The monoisotopic (exact) mass is 358 g/mol. The third-order valence-corrected chi connectivity index (χ3v) is 6.46. The van der Waals surface area contributed by atoms with Gasteiger partial charge in [-0.05, 0) is 44.5 Å². The zero-order valence-electron chi connectivity index (χ0n) is 15.0. The molecule has 0 bridgehead atoms. The minimum atomic E-state index is 0.0615. The minimum absolute atomic E-state index is 0.0615. The van der Waals surface area contributed by atoms with Crippen LogP contribution in [0, 0.1) is 6.92 Å². The number of nitrogens with zero attached hydrogens (tertiary/aromatic N) is 3. The van der Waals surface area contributed by atoms with Crippen LogP contribution in [0.2, 0.25) is 0 Å². The molecule has 1 aliphatic heterocycles. The molecular formula is C19H26N4OS. The lowest BCUT2D eigenvalue weighted by molar-refractivity contribution is 0.0938. The first kappa shape index (κ1) is 16.8. The van der Waals surface area contributed by atoms with Crippen molar-refractivity contribution >= 4 is 32.6 Å². The molecule has 1 amide bonds. The first-order valence-electron chi connectivity index (χ1n) is 9.26. The normalized spacial score (nSPS) is 19.7. The highest BCUT2D eigenvalue weighted by atomic mass is 32.1. The number of aryl methyl sites for hydroxylation is 1. The number of amides is 1. The summed E-state index contributed by atoms with van der Waals surface area (Å²) in [6, 6.07) is 4.36. The van der Waals surface area contributed by atoms with Crippen molar-refractivity contribution in [2.24, 2.45) is 0 Å². The number of carbonyl (C=O) groups is 1. The summed E-state index contributed by atoms with van der Waals surface area (Å²) in [5.74, 6) is 0.0615. The lowest BCUT2D eigenvalue weighted by Gasteiger charge is -2.32. The average Bonchev–Trinajstić information content (AvgIpc) is 3.25. The molecule has 1 aromatic carbocycles. The molecule has 5 nitrogen and oxygen atoms in total. The predicted octanol–water partition coefficient (Wildman–Crippen LogP) is 3.03. The highest BCUT2D eigenvalue weighted by molar-refractivity contribution is 7.22. The molecule has 1 saturated carbocycles. The summed E-state index contributed by atoms with van der Waals surface area (Å²) in [7, 11) is 2.16. The molecule has 2 aliphatic rings. The summed E-state index contributed by atoms with van der Waals surface area (Å²) in [6.45, 7) is 6.24. The Kier molecular flexibility index (Phi) is 4.65. The standard InChI is InChI=1S/C19H26N4OS/c1-13-11-14(18(24)20-15-5-3-4-6-15)12-16-17(13)21-19(25-16)23-9-7-22(2)8-10-23/h11-12,15H,3-10H2,1-2H3,(H,20,24). The molecule has 1 saturated heterocycles. The molecule has 1 aliphatic carbocycles. The van der Waals surface area contributed by atoms with Gasteiger partial charge in [-0.3, -0.25) is 4.79 Å². The molecular weight excluding hydrogens is 332 g/mol. The van der Waals surface area contributed by atoms with E-state index in [2.05, 4.69) is 29.1 Å². The zero-order valence-corrected chi connectivity index (χ0v) is 15.9. The number of aromatic nitrogens is 1. The first-order valence-corrected chi connectivity index (χ1v) is 10.1. The van der Waals surface area contributed by atoms with E-state index in [1.165, 1.54) is 12.8 Å². The van der Waals surface area contributed by atoms with E-state index in [1.807, 2.05) is 12.1 Å². The fourth-order valence-electron chi connectivity index (χ4n) is 3.79. The van der Waals surface area contributed by atoms with Gasteiger partial charge >= 0.3 is 0 Å². The minimum Gasteiger partial charge on any atom is -0.349 e. The molecule has 2 fully saturated rings. The third-order valence-electron chi connectivity index (χ3n) is 5.40. The van der Waals surface area contributed by atoms with Crippen molar-refractivity contribution in [3.05, 3.63) is 23.3 Å². The van der Waals surface area contributed by atoms with Crippen LogP contribution in [0.4, 0.5) is 5.13 Å². The Labute approximate surface area is 153 Å². The van der Waals surface area contributed by atoms with Gasteiger partial charge in [0.1, 0.15) is 0 Å². The second-order valence-electron chi connectivity index (χ2n) is 7.38. The Morgan fingerprint density at radius 3 is 2.64 bits per heavy atom. The van der Waals surface area contributed by atoms with Crippen molar-refractivity contribution in [1.82, 2.24) is 15.2 Å². The quantitative estimate of drug-likeness (QED) is 0.916. The Hall–Kier alpha value is -1.66. The zero-order chi connectivity index (χ0) is 17.4. The van der Waals surface area contributed by atoms with E-state index in [1.54, 1.807) is 11.3 Å². The van der Waals surface area contributed by atoms with E-state index in [0.29, 0.717) is 6.04 Å². The van der Waals surface area contributed by atoms with Crippen molar-refractivity contribution in [3.8, 4) is 0 Å². The summed E-state index contributed by atoms with van der Waals surface area (Å²) in [5.41, 5.74) is 2.90. The molecule has 134 valence electrons. The second-order valence-corrected chi connectivity index (χ2v) is 8.39. The number of hydrogen-bond acceptors (Lipinski definition) is 5. The van der Waals surface area contributed by atoms with Crippen LogP contribution in [0.25, 0.3) is 10.2 Å². The molecule has 0 atom stereocenters. The molecule has 2 heterocycles. The summed E-state index contributed by atoms with van der Waals surface area (Å²) in [4.78, 5) is 22.2. The van der Waals surface area contributed by atoms with Crippen LogP contribution in [0.5, 0.6) is 0 Å². The summed E-state index contributed by atoms with van der Waals surface area (Å²) < 4.78 is 1.12. The SMILES string of the molecule is Cc1cc(C(=O)NC2CCCC2)cc2sc(N3CCN(C)CC3)nc12. The highest BCUT2D eigenvalue weighted by Gasteiger charge is 2.21. The average molecular weight is 359 g/mol. The first-order chi connectivity index (χ1) is 12.1. The second kappa shape index (κ2) is 6.92. The van der Waals surface area contributed by atoms with Crippen LogP contribution in [0.3, 0.4) is 0 Å². The van der Waals surface area contributed by atoms with Crippen LogP contribution in [-0.2, 0) is 0 Å². The molecule has 25 heavy (non-hydrogen) atoms. The van der Waals surface area contributed by atoms with E-state index in [0.717, 1.165) is 65.5 Å². The van der Waals surface area contributed by atoms with Gasteiger partial charge in [-0.1, -0.05) is 24.2 Å². The van der Waals surface area contributed by atoms with E-state index < -0.39 is 0 Å².